The van der Waals surface area contributed by atoms with Crippen molar-refractivity contribution in [1.82, 2.24) is 9.55 Å². The minimum Gasteiger partial charge on any atom is -0.378 e. The van der Waals surface area contributed by atoms with E-state index in [1.807, 2.05) is 6.92 Å². The molecular formula is C12H17BrN2O2. The molecule has 1 saturated heterocycles. The molecule has 0 saturated carbocycles. The van der Waals surface area contributed by atoms with Crippen molar-refractivity contribution in [2.24, 2.45) is 0 Å². The number of hydrogen-bond acceptors (Lipinski definition) is 3. The zero-order chi connectivity index (χ0) is 12.3. The molecule has 1 aliphatic heterocycles. The van der Waals surface area contributed by atoms with Crippen LogP contribution in [0.5, 0.6) is 0 Å². The number of nitrogens with zero attached hydrogens (tertiary/aromatic N) is 2. The highest BCUT2D eigenvalue weighted by Gasteiger charge is 2.15. The van der Waals surface area contributed by atoms with Gasteiger partial charge in [-0.3, -0.25) is 9.36 Å². The molecule has 4 nitrogen and oxygen atoms in total. The minimum atomic E-state index is 0.00448. The van der Waals surface area contributed by atoms with Gasteiger partial charge in [0.2, 0.25) is 0 Å². The number of hydrogen-bond donors (Lipinski definition) is 0. The quantitative estimate of drug-likeness (QED) is 0.857. The molecule has 0 amide bonds. The molecule has 1 unspecified atom stereocenters. The third-order valence-electron chi connectivity index (χ3n) is 3.11. The summed E-state index contributed by atoms with van der Waals surface area (Å²) in [5, 5.41) is 0. The van der Waals surface area contributed by atoms with Gasteiger partial charge in [0.15, 0.2) is 0 Å². The summed E-state index contributed by atoms with van der Waals surface area (Å²) >= 11 is 3.27. The van der Waals surface area contributed by atoms with Crippen molar-refractivity contribution in [2.75, 3.05) is 6.61 Å². The van der Waals surface area contributed by atoms with Gasteiger partial charge in [0.05, 0.1) is 18.1 Å². The molecule has 0 aliphatic carbocycles. The van der Waals surface area contributed by atoms with Gasteiger partial charge in [0, 0.05) is 13.2 Å². The van der Waals surface area contributed by atoms with Gasteiger partial charge >= 0.3 is 0 Å². The van der Waals surface area contributed by atoms with Crippen molar-refractivity contribution in [1.29, 1.82) is 0 Å². The Morgan fingerprint density at radius 1 is 1.65 bits per heavy atom. The second-order valence-electron chi connectivity index (χ2n) is 4.42. The number of aromatic nitrogens is 2. The van der Waals surface area contributed by atoms with Crippen LogP contribution in [0.1, 0.15) is 31.4 Å². The van der Waals surface area contributed by atoms with Crippen molar-refractivity contribution < 1.29 is 4.74 Å². The lowest BCUT2D eigenvalue weighted by molar-refractivity contribution is 0.101. The van der Waals surface area contributed by atoms with E-state index in [9.17, 15) is 4.79 Å². The Labute approximate surface area is 109 Å². The van der Waals surface area contributed by atoms with Crippen LogP contribution in [0.2, 0.25) is 0 Å². The van der Waals surface area contributed by atoms with Gasteiger partial charge in [-0.25, -0.2) is 4.98 Å². The Hall–Kier alpha value is -0.680. The Balaban J connectivity index is 1.90. The average molecular weight is 301 g/mol. The molecule has 0 aromatic carbocycles. The summed E-state index contributed by atoms with van der Waals surface area (Å²) in [5.41, 5.74) is 0.746. The highest BCUT2D eigenvalue weighted by molar-refractivity contribution is 9.10. The molecule has 0 bridgehead atoms. The SMILES string of the molecule is Cc1ncn(CCCC2CCCO2)c(=O)c1Br. The van der Waals surface area contributed by atoms with Crippen LogP contribution in [0.4, 0.5) is 0 Å². The van der Waals surface area contributed by atoms with Gasteiger partial charge in [-0.1, -0.05) is 0 Å². The Morgan fingerprint density at radius 2 is 2.47 bits per heavy atom. The molecule has 1 aromatic rings. The Morgan fingerprint density at radius 3 is 3.18 bits per heavy atom. The maximum Gasteiger partial charge on any atom is 0.267 e. The van der Waals surface area contributed by atoms with Gasteiger partial charge in [0.1, 0.15) is 4.47 Å². The van der Waals surface area contributed by atoms with E-state index in [0.29, 0.717) is 17.1 Å². The normalized spacial score (nSPS) is 19.8. The fourth-order valence-corrected chi connectivity index (χ4v) is 2.40. The molecule has 1 aliphatic rings. The minimum absolute atomic E-state index is 0.00448. The molecule has 1 fully saturated rings. The smallest absolute Gasteiger partial charge is 0.267 e. The predicted octanol–water partition coefficient (Wildman–Crippen LogP) is 2.27. The van der Waals surface area contributed by atoms with Crippen LogP contribution in [-0.4, -0.2) is 22.3 Å². The standard InChI is InChI=1S/C12H17BrN2O2/c1-9-11(13)12(16)15(8-14-9)6-2-4-10-5-3-7-17-10/h8,10H,2-7H2,1H3. The first kappa shape index (κ1) is 12.8. The van der Waals surface area contributed by atoms with E-state index in [4.69, 9.17) is 4.74 Å². The van der Waals surface area contributed by atoms with E-state index in [-0.39, 0.29) is 5.56 Å². The van der Waals surface area contributed by atoms with Crippen LogP contribution in [0.25, 0.3) is 0 Å². The fraction of sp³-hybridized carbons (Fsp3) is 0.667. The zero-order valence-corrected chi connectivity index (χ0v) is 11.6. The number of aryl methyl sites for hydroxylation is 2. The lowest BCUT2D eigenvalue weighted by atomic mass is 10.1. The van der Waals surface area contributed by atoms with Gasteiger partial charge < -0.3 is 4.74 Å². The first-order valence-electron chi connectivity index (χ1n) is 6.01. The molecule has 1 atom stereocenters. The molecule has 1 aromatic heterocycles. The van der Waals surface area contributed by atoms with E-state index >= 15 is 0 Å². The molecule has 17 heavy (non-hydrogen) atoms. The molecule has 5 heteroatoms. The van der Waals surface area contributed by atoms with Crippen LogP contribution >= 0.6 is 15.9 Å². The summed E-state index contributed by atoms with van der Waals surface area (Å²) < 4.78 is 7.78. The number of halogens is 1. The first-order chi connectivity index (χ1) is 8.18. The lowest BCUT2D eigenvalue weighted by Crippen LogP contribution is -2.22. The van der Waals surface area contributed by atoms with E-state index in [1.165, 1.54) is 6.42 Å². The monoisotopic (exact) mass is 300 g/mol. The summed E-state index contributed by atoms with van der Waals surface area (Å²) in [6, 6.07) is 0. The molecule has 94 valence electrons. The highest BCUT2D eigenvalue weighted by atomic mass is 79.9. The van der Waals surface area contributed by atoms with Crippen molar-refractivity contribution in [2.45, 2.75) is 45.3 Å². The van der Waals surface area contributed by atoms with E-state index in [2.05, 4.69) is 20.9 Å². The van der Waals surface area contributed by atoms with E-state index in [1.54, 1.807) is 10.9 Å². The Kier molecular flexibility index (Phi) is 4.34. The second-order valence-corrected chi connectivity index (χ2v) is 5.21. The van der Waals surface area contributed by atoms with Crippen LogP contribution in [0, 0.1) is 6.92 Å². The molecule has 2 rings (SSSR count). The van der Waals surface area contributed by atoms with Gasteiger partial charge in [-0.2, -0.15) is 0 Å². The van der Waals surface area contributed by atoms with Gasteiger partial charge in [-0.05, 0) is 48.5 Å². The average Bonchev–Trinajstić information content (AvgIpc) is 2.82. The predicted molar refractivity (Wildman–Crippen MR) is 69.1 cm³/mol. The van der Waals surface area contributed by atoms with Crippen molar-refractivity contribution in [3.05, 3.63) is 26.8 Å². The van der Waals surface area contributed by atoms with Crippen LogP contribution < -0.4 is 5.56 Å². The van der Waals surface area contributed by atoms with E-state index in [0.717, 1.165) is 31.6 Å². The lowest BCUT2D eigenvalue weighted by Gasteiger charge is -2.10. The largest absolute Gasteiger partial charge is 0.378 e. The maximum atomic E-state index is 11.9. The third kappa shape index (κ3) is 3.16. The summed E-state index contributed by atoms with van der Waals surface area (Å²) in [4.78, 5) is 16.0. The number of rotatable bonds is 4. The molecular weight excluding hydrogens is 284 g/mol. The van der Waals surface area contributed by atoms with Crippen LogP contribution in [0.15, 0.2) is 15.6 Å². The molecule has 0 radical (unpaired) electrons. The van der Waals surface area contributed by atoms with Crippen molar-refractivity contribution in [3.8, 4) is 0 Å². The van der Waals surface area contributed by atoms with Crippen molar-refractivity contribution in [3.63, 3.8) is 0 Å². The van der Waals surface area contributed by atoms with E-state index < -0.39 is 0 Å². The maximum absolute atomic E-state index is 11.9. The van der Waals surface area contributed by atoms with Gasteiger partial charge in [0.25, 0.3) is 5.56 Å². The Bertz CT molecular complexity index is 439. The molecule has 0 spiro atoms. The zero-order valence-electron chi connectivity index (χ0n) is 9.99. The third-order valence-corrected chi connectivity index (χ3v) is 4.02. The second kappa shape index (κ2) is 5.78. The van der Waals surface area contributed by atoms with Crippen LogP contribution in [-0.2, 0) is 11.3 Å². The molecule has 0 N–H and O–H groups in total. The summed E-state index contributed by atoms with van der Waals surface area (Å²) in [7, 11) is 0. The fourth-order valence-electron chi connectivity index (χ4n) is 2.07. The van der Waals surface area contributed by atoms with Crippen LogP contribution in [0.3, 0.4) is 0 Å². The summed E-state index contributed by atoms with van der Waals surface area (Å²) in [6.45, 7) is 3.43. The number of ether oxygens (including phenoxy) is 1. The highest BCUT2D eigenvalue weighted by Crippen LogP contribution is 2.17. The van der Waals surface area contributed by atoms with Gasteiger partial charge in [-0.15, -0.1) is 0 Å². The summed E-state index contributed by atoms with van der Waals surface area (Å²) in [5.74, 6) is 0. The summed E-state index contributed by atoms with van der Waals surface area (Å²) in [6.07, 6.45) is 6.33. The molecule has 2 heterocycles. The topological polar surface area (TPSA) is 44.1 Å². The van der Waals surface area contributed by atoms with Crippen molar-refractivity contribution >= 4 is 15.9 Å². The first-order valence-corrected chi connectivity index (χ1v) is 6.81.